The van der Waals surface area contributed by atoms with Crippen LogP contribution in [0.15, 0.2) is 97.3 Å². The van der Waals surface area contributed by atoms with Gasteiger partial charge in [-0.15, -0.1) is 0 Å². The number of aromatic nitrogens is 1. The zero-order valence-corrected chi connectivity index (χ0v) is 20.4. The number of hydrogen-bond acceptors (Lipinski definition) is 3. The Bertz CT molecular complexity index is 1480. The fourth-order valence-electron chi connectivity index (χ4n) is 4.57. The Morgan fingerprint density at radius 3 is 2.13 bits per heavy atom. The molecule has 0 aliphatic carbocycles. The van der Waals surface area contributed by atoms with Crippen molar-refractivity contribution < 1.29 is 22.8 Å². The molecule has 5 rings (SSSR count). The summed E-state index contributed by atoms with van der Waals surface area (Å²) in [4.78, 5) is 35.6. The molecule has 2 heterocycles. The van der Waals surface area contributed by atoms with Crippen molar-refractivity contribution in [1.82, 2.24) is 9.88 Å². The number of carbonyl (C=O) groups is 2. The van der Waals surface area contributed by atoms with Crippen LogP contribution in [0, 0.1) is 0 Å². The molecule has 0 fully saturated rings. The van der Waals surface area contributed by atoms with E-state index >= 15 is 0 Å². The predicted molar refractivity (Wildman–Crippen MR) is 139 cm³/mol. The van der Waals surface area contributed by atoms with Crippen molar-refractivity contribution >= 4 is 29.1 Å². The van der Waals surface area contributed by atoms with Crippen LogP contribution in [0.5, 0.6) is 0 Å². The number of para-hydroxylation sites is 1. The van der Waals surface area contributed by atoms with E-state index in [0.29, 0.717) is 11.3 Å². The number of amides is 4. The van der Waals surface area contributed by atoms with E-state index in [1.165, 1.54) is 15.9 Å². The lowest BCUT2D eigenvalue weighted by Crippen LogP contribution is -2.47. The number of urea groups is 2. The van der Waals surface area contributed by atoms with E-state index < -0.39 is 23.8 Å². The highest BCUT2D eigenvalue weighted by molar-refractivity contribution is 6.16. The fourth-order valence-corrected chi connectivity index (χ4v) is 4.57. The molecule has 0 N–H and O–H groups in total. The van der Waals surface area contributed by atoms with Crippen molar-refractivity contribution in [3.05, 3.63) is 108 Å². The Labute approximate surface area is 217 Å². The molecule has 1 aliphatic heterocycles. The first-order valence-corrected chi connectivity index (χ1v) is 12.0. The SMILES string of the molecule is CCN1C(=O)N(Cc2ccccc2-c2ccncc2)C(=O)N(c2ccccc2)c2cc(C(F)(F)F)ccc21. The van der Waals surface area contributed by atoms with Gasteiger partial charge in [0, 0.05) is 18.9 Å². The Kier molecular flexibility index (Phi) is 6.59. The van der Waals surface area contributed by atoms with Gasteiger partial charge < -0.3 is 0 Å². The summed E-state index contributed by atoms with van der Waals surface area (Å²) in [6, 6.07) is 21.1. The highest BCUT2D eigenvalue weighted by Gasteiger charge is 2.40. The zero-order valence-electron chi connectivity index (χ0n) is 20.4. The lowest BCUT2D eigenvalue weighted by molar-refractivity contribution is -0.137. The van der Waals surface area contributed by atoms with Gasteiger partial charge in [0.15, 0.2) is 0 Å². The van der Waals surface area contributed by atoms with E-state index in [-0.39, 0.29) is 24.5 Å². The summed E-state index contributed by atoms with van der Waals surface area (Å²) in [5, 5.41) is 0. The summed E-state index contributed by atoms with van der Waals surface area (Å²) in [6.45, 7) is 1.77. The normalized spacial score (nSPS) is 13.9. The minimum atomic E-state index is -4.63. The Balaban J connectivity index is 1.67. The molecule has 4 aromatic rings. The van der Waals surface area contributed by atoms with Crippen LogP contribution < -0.4 is 9.80 Å². The number of pyridine rings is 1. The summed E-state index contributed by atoms with van der Waals surface area (Å²) < 4.78 is 41.1. The van der Waals surface area contributed by atoms with E-state index in [1.54, 1.807) is 49.6 Å². The molecule has 4 amide bonds. The molecule has 0 saturated carbocycles. The molecule has 1 aliphatic rings. The van der Waals surface area contributed by atoms with Crippen LogP contribution in [0.1, 0.15) is 18.1 Å². The maximum absolute atomic E-state index is 14.1. The first kappa shape index (κ1) is 25.0. The Morgan fingerprint density at radius 1 is 0.763 bits per heavy atom. The van der Waals surface area contributed by atoms with Gasteiger partial charge >= 0.3 is 18.2 Å². The van der Waals surface area contributed by atoms with Crippen LogP contribution in [0.3, 0.4) is 0 Å². The zero-order chi connectivity index (χ0) is 26.9. The average Bonchev–Trinajstić information content (AvgIpc) is 3.01. The van der Waals surface area contributed by atoms with E-state index in [2.05, 4.69) is 4.98 Å². The van der Waals surface area contributed by atoms with Gasteiger partial charge in [-0.2, -0.15) is 13.2 Å². The quantitative estimate of drug-likeness (QED) is 0.276. The maximum atomic E-state index is 14.1. The first-order valence-electron chi connectivity index (χ1n) is 12.0. The number of fused-ring (bicyclic) bond motifs is 1. The van der Waals surface area contributed by atoms with E-state index in [9.17, 15) is 22.8 Å². The molecule has 9 heteroatoms. The molecule has 192 valence electrons. The molecular formula is C29H23F3N4O2. The summed E-state index contributed by atoms with van der Waals surface area (Å²) in [5.41, 5.74) is 2.00. The van der Waals surface area contributed by atoms with Gasteiger partial charge in [0.2, 0.25) is 0 Å². The number of rotatable bonds is 5. The summed E-state index contributed by atoms with van der Waals surface area (Å²) in [6.07, 6.45) is -1.32. The van der Waals surface area contributed by atoms with Gasteiger partial charge in [-0.1, -0.05) is 42.5 Å². The molecule has 0 spiro atoms. The highest BCUT2D eigenvalue weighted by Crippen LogP contribution is 2.42. The number of halogens is 3. The van der Waals surface area contributed by atoms with Crippen molar-refractivity contribution in [2.45, 2.75) is 19.6 Å². The fraction of sp³-hybridized carbons (Fsp3) is 0.138. The molecule has 38 heavy (non-hydrogen) atoms. The molecule has 0 unspecified atom stereocenters. The molecule has 0 bridgehead atoms. The third kappa shape index (κ3) is 4.58. The van der Waals surface area contributed by atoms with E-state index in [0.717, 1.165) is 28.2 Å². The topological polar surface area (TPSA) is 56.8 Å². The standard InChI is InChI=1S/C29H23F3N4O2/c1-2-34-25-13-12-22(29(30,31)32)18-26(25)36(23-9-4-3-5-10-23)28(38)35(27(34)37)19-21-8-6-7-11-24(21)20-14-16-33-17-15-20/h3-18H,2,19H2,1H3. The molecule has 3 aromatic carbocycles. The van der Waals surface area contributed by atoms with E-state index in [1.807, 2.05) is 36.4 Å². The van der Waals surface area contributed by atoms with Gasteiger partial charge in [-0.05, 0) is 66.1 Å². The number of nitrogens with zero attached hydrogens (tertiary/aromatic N) is 4. The first-order chi connectivity index (χ1) is 18.3. The van der Waals surface area contributed by atoms with Gasteiger partial charge in [-0.25, -0.2) is 14.5 Å². The van der Waals surface area contributed by atoms with Crippen LogP contribution in [-0.2, 0) is 12.7 Å². The monoisotopic (exact) mass is 516 g/mol. The Morgan fingerprint density at radius 2 is 1.45 bits per heavy atom. The number of benzene rings is 3. The number of carbonyl (C=O) groups excluding carboxylic acids is 2. The van der Waals surface area contributed by atoms with Gasteiger partial charge in [0.1, 0.15) is 0 Å². The van der Waals surface area contributed by atoms with Crippen LogP contribution in [-0.4, -0.2) is 28.5 Å². The number of hydrogen-bond donors (Lipinski definition) is 0. The predicted octanol–water partition coefficient (Wildman–Crippen LogP) is 7.49. The van der Waals surface area contributed by atoms with Crippen LogP contribution >= 0.6 is 0 Å². The van der Waals surface area contributed by atoms with Gasteiger partial charge in [0.25, 0.3) is 0 Å². The molecular weight excluding hydrogens is 493 g/mol. The molecule has 0 atom stereocenters. The maximum Gasteiger partial charge on any atom is 0.416 e. The lowest BCUT2D eigenvalue weighted by Gasteiger charge is -2.28. The summed E-state index contributed by atoms with van der Waals surface area (Å²) in [7, 11) is 0. The molecule has 1 aromatic heterocycles. The molecule has 6 nitrogen and oxygen atoms in total. The van der Waals surface area contributed by atoms with Crippen molar-refractivity contribution in [2.75, 3.05) is 16.3 Å². The van der Waals surface area contributed by atoms with Gasteiger partial charge in [-0.3, -0.25) is 14.8 Å². The van der Waals surface area contributed by atoms with E-state index in [4.69, 9.17) is 0 Å². The third-order valence-corrected chi connectivity index (χ3v) is 6.39. The van der Waals surface area contributed by atoms with Crippen molar-refractivity contribution in [1.29, 1.82) is 0 Å². The summed E-state index contributed by atoms with van der Waals surface area (Å²) in [5.74, 6) is 0. The molecule has 0 saturated heterocycles. The lowest BCUT2D eigenvalue weighted by atomic mass is 10.0. The average molecular weight is 517 g/mol. The van der Waals surface area contributed by atoms with Crippen molar-refractivity contribution in [3.63, 3.8) is 0 Å². The smallest absolute Gasteiger partial charge is 0.292 e. The third-order valence-electron chi connectivity index (χ3n) is 6.39. The van der Waals surface area contributed by atoms with Crippen LogP contribution in [0.2, 0.25) is 0 Å². The number of anilines is 3. The second kappa shape index (κ2) is 10.0. The van der Waals surface area contributed by atoms with Crippen LogP contribution in [0.25, 0.3) is 11.1 Å². The minimum absolute atomic E-state index is 0.0175. The number of alkyl halides is 3. The largest absolute Gasteiger partial charge is 0.416 e. The van der Waals surface area contributed by atoms with Gasteiger partial charge in [0.05, 0.1) is 29.2 Å². The second-order valence-electron chi connectivity index (χ2n) is 8.66. The number of imide groups is 1. The highest BCUT2D eigenvalue weighted by atomic mass is 19.4. The minimum Gasteiger partial charge on any atom is -0.292 e. The van der Waals surface area contributed by atoms with Crippen LogP contribution in [0.4, 0.5) is 39.8 Å². The summed E-state index contributed by atoms with van der Waals surface area (Å²) >= 11 is 0. The Hall–Kier alpha value is -4.66. The van der Waals surface area contributed by atoms with Crippen molar-refractivity contribution in [2.24, 2.45) is 0 Å². The second-order valence-corrected chi connectivity index (χ2v) is 8.66. The van der Waals surface area contributed by atoms with Crippen molar-refractivity contribution in [3.8, 4) is 11.1 Å². The molecule has 0 radical (unpaired) electrons.